The normalized spacial score (nSPS) is 22.4. The third kappa shape index (κ3) is 3.10. The lowest BCUT2D eigenvalue weighted by Crippen LogP contribution is -2.45. The maximum Gasteiger partial charge on any atom is 0.224 e. The Balaban J connectivity index is 1.68. The lowest BCUT2D eigenvalue weighted by atomic mass is 9.92. The summed E-state index contributed by atoms with van der Waals surface area (Å²) in [6, 6.07) is 5.88. The first kappa shape index (κ1) is 14.1. The number of carbonyl (C=O) groups is 1. The monoisotopic (exact) mass is 287 g/mol. The fraction of sp³-hybridized carbons (Fsp3) is 0.471. The maximum atomic E-state index is 12.2. The number of benzene rings is 1. The summed E-state index contributed by atoms with van der Waals surface area (Å²) in [5.74, 6) is -0.0516. The van der Waals surface area contributed by atoms with Gasteiger partial charge in [0.15, 0.2) is 0 Å². The average Bonchev–Trinajstić information content (AvgIpc) is 2.83. The van der Waals surface area contributed by atoms with Gasteiger partial charge in [-0.25, -0.2) is 0 Å². The van der Waals surface area contributed by atoms with Crippen molar-refractivity contribution in [2.45, 2.75) is 51.2 Å². The molecule has 1 saturated carbocycles. The van der Waals surface area contributed by atoms with Gasteiger partial charge < -0.3 is 14.8 Å². The van der Waals surface area contributed by atoms with E-state index in [-0.39, 0.29) is 11.9 Å². The Morgan fingerprint density at radius 3 is 3.00 bits per heavy atom. The topological polar surface area (TPSA) is 62.5 Å². The van der Waals surface area contributed by atoms with Gasteiger partial charge in [0, 0.05) is 10.9 Å². The molecule has 1 aliphatic rings. The van der Waals surface area contributed by atoms with Crippen LogP contribution >= 0.6 is 0 Å². The van der Waals surface area contributed by atoms with E-state index >= 15 is 0 Å². The highest BCUT2D eigenvalue weighted by Gasteiger charge is 2.24. The molecule has 3 rings (SSSR count). The van der Waals surface area contributed by atoms with Crippen LogP contribution < -0.4 is 5.32 Å². The van der Waals surface area contributed by atoms with Gasteiger partial charge in [0.2, 0.25) is 5.91 Å². The van der Waals surface area contributed by atoms with Crippen molar-refractivity contribution in [3.05, 3.63) is 35.6 Å². The van der Waals surface area contributed by atoms with Crippen LogP contribution in [0.2, 0.25) is 0 Å². The van der Waals surface area contributed by atoms with E-state index < -0.39 is 6.10 Å². The van der Waals surface area contributed by atoms with Crippen LogP contribution in [0.3, 0.4) is 0 Å². The molecule has 2 N–H and O–H groups in total. The van der Waals surface area contributed by atoms with Gasteiger partial charge in [-0.1, -0.05) is 25.0 Å². The summed E-state index contributed by atoms with van der Waals surface area (Å²) in [6.07, 6.45) is 5.28. The van der Waals surface area contributed by atoms with Gasteiger partial charge in [-0.15, -0.1) is 0 Å². The van der Waals surface area contributed by atoms with Crippen molar-refractivity contribution in [1.82, 2.24) is 5.32 Å². The van der Waals surface area contributed by atoms with Gasteiger partial charge >= 0.3 is 0 Å². The Morgan fingerprint density at radius 1 is 1.38 bits per heavy atom. The first-order chi connectivity index (χ1) is 10.1. The molecule has 4 nitrogen and oxygen atoms in total. The Hall–Kier alpha value is -1.81. The van der Waals surface area contributed by atoms with Gasteiger partial charge in [0.05, 0.1) is 24.8 Å². The van der Waals surface area contributed by atoms with Crippen LogP contribution in [0.15, 0.2) is 28.9 Å². The summed E-state index contributed by atoms with van der Waals surface area (Å²) in [5, 5.41) is 13.9. The summed E-state index contributed by atoms with van der Waals surface area (Å²) in [6.45, 7) is 2.01. The standard InChI is InChI=1S/C17H21NO3/c1-11-6-7-13-12(10-21-16(13)8-11)9-17(20)18-14-4-2-3-5-15(14)19/h6-8,10,14-15,19H,2-5,9H2,1H3,(H,18,20). The van der Waals surface area contributed by atoms with Gasteiger partial charge in [0.1, 0.15) is 5.58 Å². The predicted octanol–water partition coefficient (Wildman–Crippen LogP) is 2.70. The van der Waals surface area contributed by atoms with Crippen molar-refractivity contribution in [3.8, 4) is 0 Å². The summed E-state index contributed by atoms with van der Waals surface area (Å²) in [4.78, 5) is 12.2. The molecule has 0 radical (unpaired) electrons. The number of aliphatic hydroxyl groups is 1. The lowest BCUT2D eigenvalue weighted by molar-refractivity contribution is -0.122. The third-order valence-electron chi connectivity index (χ3n) is 4.24. The zero-order chi connectivity index (χ0) is 14.8. The second-order valence-electron chi connectivity index (χ2n) is 5.96. The van der Waals surface area contributed by atoms with E-state index in [0.29, 0.717) is 6.42 Å². The molecule has 1 heterocycles. The fourth-order valence-corrected chi connectivity index (χ4v) is 3.04. The van der Waals surface area contributed by atoms with Crippen LogP contribution in [-0.4, -0.2) is 23.2 Å². The number of nitrogens with one attached hydrogen (secondary N) is 1. The number of rotatable bonds is 3. The molecule has 1 fully saturated rings. The first-order valence-electron chi connectivity index (χ1n) is 7.57. The summed E-state index contributed by atoms with van der Waals surface area (Å²) < 4.78 is 5.51. The second-order valence-corrected chi connectivity index (χ2v) is 5.96. The molecular weight excluding hydrogens is 266 g/mol. The largest absolute Gasteiger partial charge is 0.464 e. The van der Waals surface area contributed by atoms with Crippen LogP contribution in [-0.2, 0) is 11.2 Å². The van der Waals surface area contributed by atoms with Crippen molar-refractivity contribution in [2.24, 2.45) is 0 Å². The van der Waals surface area contributed by atoms with Crippen molar-refractivity contribution in [1.29, 1.82) is 0 Å². The highest BCUT2D eigenvalue weighted by Crippen LogP contribution is 2.23. The number of aliphatic hydroxyl groups excluding tert-OH is 1. The molecule has 1 aromatic carbocycles. The highest BCUT2D eigenvalue weighted by molar-refractivity contribution is 5.88. The van der Waals surface area contributed by atoms with Gasteiger partial charge in [-0.05, 0) is 31.4 Å². The van der Waals surface area contributed by atoms with Crippen LogP contribution in [0, 0.1) is 6.92 Å². The second kappa shape index (κ2) is 5.90. The molecule has 21 heavy (non-hydrogen) atoms. The molecular formula is C17H21NO3. The minimum absolute atomic E-state index is 0.0516. The Morgan fingerprint density at radius 2 is 2.19 bits per heavy atom. The number of aryl methyl sites for hydroxylation is 1. The molecule has 4 heteroatoms. The first-order valence-corrected chi connectivity index (χ1v) is 7.57. The average molecular weight is 287 g/mol. The van der Waals surface area contributed by atoms with E-state index in [1.807, 2.05) is 25.1 Å². The number of furan rings is 1. The smallest absolute Gasteiger partial charge is 0.224 e. The zero-order valence-electron chi connectivity index (χ0n) is 12.3. The van der Waals surface area contributed by atoms with E-state index in [4.69, 9.17) is 4.42 Å². The third-order valence-corrected chi connectivity index (χ3v) is 4.24. The number of carbonyl (C=O) groups excluding carboxylic acids is 1. The number of fused-ring (bicyclic) bond motifs is 1. The van der Waals surface area contributed by atoms with Crippen molar-refractivity contribution in [3.63, 3.8) is 0 Å². The van der Waals surface area contributed by atoms with E-state index in [1.165, 1.54) is 0 Å². The predicted molar refractivity (Wildman–Crippen MR) is 81.1 cm³/mol. The van der Waals surface area contributed by atoms with E-state index in [1.54, 1.807) is 6.26 Å². The Kier molecular flexibility index (Phi) is 3.97. The zero-order valence-corrected chi connectivity index (χ0v) is 12.3. The van der Waals surface area contributed by atoms with Gasteiger partial charge in [0.25, 0.3) is 0 Å². The summed E-state index contributed by atoms with van der Waals surface area (Å²) >= 11 is 0. The minimum Gasteiger partial charge on any atom is -0.464 e. The van der Waals surface area contributed by atoms with Crippen LogP contribution in [0.4, 0.5) is 0 Å². The van der Waals surface area contributed by atoms with E-state index in [9.17, 15) is 9.90 Å². The summed E-state index contributed by atoms with van der Waals surface area (Å²) in [5.41, 5.74) is 2.85. The van der Waals surface area contributed by atoms with Crippen molar-refractivity contribution < 1.29 is 14.3 Å². The van der Waals surface area contributed by atoms with E-state index in [0.717, 1.165) is 47.8 Å². The van der Waals surface area contributed by atoms with E-state index in [2.05, 4.69) is 5.32 Å². The van der Waals surface area contributed by atoms with Crippen molar-refractivity contribution in [2.75, 3.05) is 0 Å². The number of hydrogen-bond acceptors (Lipinski definition) is 3. The van der Waals surface area contributed by atoms with Crippen molar-refractivity contribution >= 4 is 16.9 Å². The molecule has 0 aliphatic heterocycles. The highest BCUT2D eigenvalue weighted by atomic mass is 16.3. The Bertz CT molecular complexity index is 647. The SMILES string of the molecule is Cc1ccc2c(CC(=O)NC3CCCCC3O)coc2c1. The molecule has 112 valence electrons. The minimum atomic E-state index is -0.411. The quantitative estimate of drug-likeness (QED) is 0.912. The summed E-state index contributed by atoms with van der Waals surface area (Å²) in [7, 11) is 0. The molecule has 1 amide bonds. The fourth-order valence-electron chi connectivity index (χ4n) is 3.04. The molecule has 0 spiro atoms. The molecule has 0 saturated heterocycles. The molecule has 2 aromatic rings. The molecule has 2 unspecified atom stereocenters. The van der Waals surface area contributed by atoms with Gasteiger partial charge in [-0.3, -0.25) is 4.79 Å². The number of amides is 1. The Labute approximate surface area is 124 Å². The maximum absolute atomic E-state index is 12.2. The molecule has 1 aliphatic carbocycles. The van der Waals surface area contributed by atoms with Crippen LogP contribution in [0.1, 0.15) is 36.8 Å². The molecule has 0 bridgehead atoms. The lowest BCUT2D eigenvalue weighted by Gasteiger charge is -2.28. The molecule has 1 aromatic heterocycles. The van der Waals surface area contributed by atoms with Crippen LogP contribution in [0.5, 0.6) is 0 Å². The van der Waals surface area contributed by atoms with Gasteiger partial charge in [-0.2, -0.15) is 0 Å². The van der Waals surface area contributed by atoms with Crippen LogP contribution in [0.25, 0.3) is 11.0 Å². The number of hydrogen-bond donors (Lipinski definition) is 2. The molecule has 2 atom stereocenters.